The fraction of sp³-hybridized carbons (Fsp3) is 0.364. The monoisotopic (exact) mass is 288 g/mol. The van der Waals surface area contributed by atoms with Crippen molar-refractivity contribution in [2.45, 2.75) is 26.2 Å². The predicted molar refractivity (Wildman–Crippen MR) is 60.6 cm³/mol. The Balaban J connectivity index is 2.32. The Labute approximate surface area is 111 Å². The summed E-state index contributed by atoms with van der Waals surface area (Å²) in [7, 11) is 0. The van der Waals surface area contributed by atoms with Crippen LogP contribution in [0.3, 0.4) is 0 Å². The lowest BCUT2D eigenvalue weighted by Crippen LogP contribution is -2.12. The van der Waals surface area contributed by atoms with E-state index in [0.717, 1.165) is 18.2 Å². The van der Waals surface area contributed by atoms with Gasteiger partial charge in [-0.1, -0.05) is 0 Å². The number of hydrogen-bond donors (Lipinski definition) is 1. The maximum Gasteiger partial charge on any atom is 0.387 e. The van der Waals surface area contributed by atoms with Gasteiger partial charge in [0.2, 0.25) is 0 Å². The Kier molecular flexibility index (Phi) is 4.18. The van der Waals surface area contributed by atoms with Gasteiger partial charge in [0.15, 0.2) is 5.82 Å². The average molecular weight is 288 g/mol. The molecule has 0 aliphatic carbocycles. The number of benzene rings is 1. The lowest BCUT2D eigenvalue weighted by Gasteiger charge is -2.12. The van der Waals surface area contributed by atoms with Gasteiger partial charge in [-0.3, -0.25) is 0 Å². The number of alkyl halides is 2. The third-order valence-corrected chi connectivity index (χ3v) is 2.49. The first-order chi connectivity index (χ1) is 9.47. The highest BCUT2D eigenvalue weighted by Gasteiger charge is 2.16. The normalized spacial score (nSPS) is 12.7. The van der Waals surface area contributed by atoms with Crippen molar-refractivity contribution in [3.63, 3.8) is 0 Å². The fourth-order valence-electron chi connectivity index (χ4n) is 1.67. The second-order valence-corrected chi connectivity index (χ2v) is 4.00. The Morgan fingerprint density at radius 3 is 2.80 bits per heavy atom. The summed E-state index contributed by atoms with van der Waals surface area (Å²) >= 11 is 0. The minimum Gasteiger partial charge on any atom is -0.434 e. The molecule has 0 bridgehead atoms. The molecule has 6 nitrogen and oxygen atoms in total. The number of aliphatic hydroxyl groups is 1. The smallest absolute Gasteiger partial charge is 0.387 e. The molecule has 0 amide bonds. The SMILES string of the molecule is CC(O)c1nnnn1Cc1cc(F)ccc1OC(F)F. The number of aliphatic hydroxyl groups excluding tert-OH is 1. The number of tetrazole rings is 1. The second-order valence-electron chi connectivity index (χ2n) is 4.00. The maximum atomic E-state index is 13.2. The van der Waals surface area contributed by atoms with Crippen LogP contribution in [0, 0.1) is 5.82 Å². The second kappa shape index (κ2) is 5.87. The first kappa shape index (κ1) is 14.3. The van der Waals surface area contributed by atoms with Crippen LogP contribution >= 0.6 is 0 Å². The van der Waals surface area contributed by atoms with Gasteiger partial charge in [-0.2, -0.15) is 8.78 Å². The molecular weight excluding hydrogens is 277 g/mol. The zero-order valence-corrected chi connectivity index (χ0v) is 10.4. The summed E-state index contributed by atoms with van der Waals surface area (Å²) in [5.74, 6) is -0.640. The molecule has 1 aromatic heterocycles. The molecule has 1 unspecified atom stereocenters. The Morgan fingerprint density at radius 1 is 1.40 bits per heavy atom. The van der Waals surface area contributed by atoms with E-state index in [-0.39, 0.29) is 23.7 Å². The Bertz CT molecular complexity index is 589. The van der Waals surface area contributed by atoms with E-state index in [9.17, 15) is 18.3 Å². The summed E-state index contributed by atoms with van der Waals surface area (Å²) in [5, 5.41) is 20.0. The van der Waals surface area contributed by atoms with Crippen molar-refractivity contribution in [2.24, 2.45) is 0 Å². The molecule has 0 saturated heterocycles. The van der Waals surface area contributed by atoms with Gasteiger partial charge >= 0.3 is 6.61 Å². The maximum absolute atomic E-state index is 13.2. The molecule has 108 valence electrons. The molecule has 1 atom stereocenters. The van der Waals surface area contributed by atoms with Crippen LogP contribution in [0.2, 0.25) is 0 Å². The number of aromatic nitrogens is 4. The van der Waals surface area contributed by atoms with E-state index in [1.807, 2.05) is 0 Å². The summed E-state index contributed by atoms with van der Waals surface area (Å²) in [6, 6.07) is 3.16. The van der Waals surface area contributed by atoms with Crippen LogP contribution in [0.1, 0.15) is 24.4 Å². The number of rotatable bonds is 5. The van der Waals surface area contributed by atoms with Crippen LogP contribution in [0.15, 0.2) is 18.2 Å². The van der Waals surface area contributed by atoms with E-state index in [1.54, 1.807) is 0 Å². The molecule has 20 heavy (non-hydrogen) atoms. The summed E-state index contributed by atoms with van der Waals surface area (Å²) in [6.45, 7) is -1.68. The lowest BCUT2D eigenvalue weighted by molar-refractivity contribution is -0.0505. The van der Waals surface area contributed by atoms with E-state index < -0.39 is 18.5 Å². The average Bonchev–Trinajstić information content (AvgIpc) is 2.80. The molecule has 2 rings (SSSR count). The summed E-state index contributed by atoms with van der Waals surface area (Å²) in [6.07, 6.45) is -0.946. The number of halogens is 3. The number of ether oxygens (including phenoxy) is 1. The zero-order valence-electron chi connectivity index (χ0n) is 10.4. The minimum atomic E-state index is -3.02. The summed E-state index contributed by atoms with van der Waals surface area (Å²) in [4.78, 5) is 0. The molecule has 1 aromatic carbocycles. The van der Waals surface area contributed by atoms with Crippen LogP contribution in [0.5, 0.6) is 5.75 Å². The van der Waals surface area contributed by atoms with E-state index >= 15 is 0 Å². The van der Waals surface area contributed by atoms with Gasteiger partial charge in [0.05, 0.1) is 6.54 Å². The van der Waals surface area contributed by atoms with Crippen molar-refractivity contribution in [1.29, 1.82) is 0 Å². The van der Waals surface area contributed by atoms with Crippen molar-refractivity contribution in [2.75, 3.05) is 0 Å². The van der Waals surface area contributed by atoms with Gasteiger partial charge < -0.3 is 9.84 Å². The molecule has 0 radical (unpaired) electrons. The molecule has 0 fully saturated rings. The van der Waals surface area contributed by atoms with Crippen molar-refractivity contribution >= 4 is 0 Å². The molecular formula is C11H11F3N4O2. The van der Waals surface area contributed by atoms with Crippen molar-refractivity contribution in [1.82, 2.24) is 20.2 Å². The van der Waals surface area contributed by atoms with Gasteiger partial charge in [0, 0.05) is 5.56 Å². The quantitative estimate of drug-likeness (QED) is 0.903. The molecule has 0 saturated carbocycles. The number of hydrogen-bond acceptors (Lipinski definition) is 5. The van der Waals surface area contributed by atoms with Gasteiger partial charge in [-0.05, 0) is 35.5 Å². The van der Waals surface area contributed by atoms with E-state index in [2.05, 4.69) is 20.3 Å². The summed E-state index contributed by atoms with van der Waals surface area (Å²) in [5.41, 5.74) is 0.138. The van der Waals surface area contributed by atoms with Gasteiger partial charge in [-0.15, -0.1) is 5.10 Å². The third kappa shape index (κ3) is 3.23. The van der Waals surface area contributed by atoms with Gasteiger partial charge in [0.25, 0.3) is 0 Å². The van der Waals surface area contributed by atoms with Gasteiger partial charge in [-0.25, -0.2) is 9.07 Å². The highest BCUT2D eigenvalue weighted by atomic mass is 19.3. The van der Waals surface area contributed by atoms with Crippen LogP contribution in [0.4, 0.5) is 13.2 Å². The van der Waals surface area contributed by atoms with Crippen molar-refractivity contribution < 1.29 is 23.0 Å². The highest BCUT2D eigenvalue weighted by Crippen LogP contribution is 2.23. The zero-order chi connectivity index (χ0) is 14.7. The molecule has 1 N–H and O–H groups in total. The van der Waals surface area contributed by atoms with Crippen molar-refractivity contribution in [3.8, 4) is 5.75 Å². The van der Waals surface area contributed by atoms with Gasteiger partial charge in [0.1, 0.15) is 17.7 Å². The van der Waals surface area contributed by atoms with Crippen molar-refractivity contribution in [3.05, 3.63) is 35.4 Å². The standard InChI is InChI=1S/C11H11F3N4O2/c1-6(19)10-15-16-17-18(10)5-7-4-8(12)2-3-9(7)20-11(13)14/h2-4,6,11,19H,5H2,1H3. The van der Waals surface area contributed by atoms with Crippen LogP contribution in [0.25, 0.3) is 0 Å². The summed E-state index contributed by atoms with van der Waals surface area (Å²) < 4.78 is 43.3. The lowest BCUT2D eigenvalue weighted by atomic mass is 10.2. The molecule has 0 spiro atoms. The van der Waals surface area contributed by atoms with Crippen LogP contribution in [-0.2, 0) is 6.54 Å². The first-order valence-electron chi connectivity index (χ1n) is 5.64. The first-order valence-corrected chi connectivity index (χ1v) is 5.64. The molecule has 2 aromatic rings. The Hall–Kier alpha value is -2.16. The number of nitrogens with zero attached hydrogens (tertiary/aromatic N) is 4. The molecule has 9 heteroatoms. The highest BCUT2D eigenvalue weighted by molar-refractivity contribution is 5.34. The topological polar surface area (TPSA) is 73.1 Å². The molecule has 0 aliphatic rings. The molecule has 1 heterocycles. The fourth-order valence-corrected chi connectivity index (χ4v) is 1.67. The molecule has 0 aliphatic heterocycles. The predicted octanol–water partition coefficient (Wildman–Crippen LogP) is 1.52. The third-order valence-electron chi connectivity index (χ3n) is 2.49. The minimum absolute atomic E-state index is 0.104. The van der Waals surface area contributed by atoms with Crippen LogP contribution < -0.4 is 4.74 Å². The van der Waals surface area contributed by atoms with Crippen LogP contribution in [-0.4, -0.2) is 31.9 Å². The van der Waals surface area contributed by atoms with E-state index in [0.29, 0.717) is 0 Å². The van der Waals surface area contributed by atoms with E-state index in [4.69, 9.17) is 0 Å². The largest absolute Gasteiger partial charge is 0.434 e. The van der Waals surface area contributed by atoms with E-state index in [1.165, 1.54) is 11.6 Å². The Morgan fingerprint density at radius 2 is 2.15 bits per heavy atom.